The van der Waals surface area contributed by atoms with Gasteiger partial charge >= 0.3 is 0 Å². The summed E-state index contributed by atoms with van der Waals surface area (Å²) in [6, 6.07) is 24.1. The predicted octanol–water partition coefficient (Wildman–Crippen LogP) is 4.33. The molecule has 3 aromatic rings. The summed E-state index contributed by atoms with van der Waals surface area (Å²) in [5.41, 5.74) is 2.33. The molecule has 2 aromatic carbocycles. The smallest absolute Gasteiger partial charge is 0.151 e. The molecule has 0 aliphatic carbocycles. The molecule has 3 rings (SSSR count). The van der Waals surface area contributed by atoms with Crippen LogP contribution in [0.1, 0.15) is 17.2 Å². The SMILES string of the molecule is Clc1ccc(NC(c2ccccc2)c2ccccc2)nn1. The van der Waals surface area contributed by atoms with Gasteiger partial charge < -0.3 is 5.32 Å². The van der Waals surface area contributed by atoms with Crippen molar-refractivity contribution in [1.29, 1.82) is 0 Å². The summed E-state index contributed by atoms with van der Waals surface area (Å²) >= 11 is 5.78. The van der Waals surface area contributed by atoms with Crippen molar-refractivity contribution in [3.63, 3.8) is 0 Å². The van der Waals surface area contributed by atoms with Gasteiger partial charge in [0, 0.05) is 0 Å². The van der Waals surface area contributed by atoms with Crippen LogP contribution >= 0.6 is 11.6 Å². The van der Waals surface area contributed by atoms with Crippen molar-refractivity contribution >= 4 is 17.4 Å². The number of nitrogens with one attached hydrogen (secondary N) is 1. The fourth-order valence-corrected chi connectivity index (χ4v) is 2.29. The molecule has 0 aliphatic heterocycles. The standard InChI is InChI=1S/C17H14ClN3/c18-15-11-12-16(21-20-15)19-17(13-7-3-1-4-8-13)14-9-5-2-6-10-14/h1-12,17H,(H,19,21). The maximum absolute atomic E-state index is 5.78. The maximum Gasteiger partial charge on any atom is 0.151 e. The number of nitrogens with zero attached hydrogens (tertiary/aromatic N) is 2. The molecule has 0 saturated carbocycles. The monoisotopic (exact) mass is 295 g/mol. The van der Waals surface area contributed by atoms with Crippen molar-refractivity contribution in [2.75, 3.05) is 5.32 Å². The minimum atomic E-state index is 0.0166. The third-order valence-corrected chi connectivity index (χ3v) is 3.39. The third-order valence-electron chi connectivity index (χ3n) is 3.19. The molecule has 0 atom stereocenters. The van der Waals surface area contributed by atoms with Gasteiger partial charge in [-0.3, -0.25) is 0 Å². The van der Waals surface area contributed by atoms with Gasteiger partial charge in [0.25, 0.3) is 0 Å². The number of hydrogen-bond donors (Lipinski definition) is 1. The molecular weight excluding hydrogens is 282 g/mol. The number of hydrogen-bond acceptors (Lipinski definition) is 3. The largest absolute Gasteiger partial charge is 0.358 e. The summed E-state index contributed by atoms with van der Waals surface area (Å²) < 4.78 is 0. The molecule has 0 amide bonds. The molecule has 0 unspecified atom stereocenters. The second-order valence-electron chi connectivity index (χ2n) is 4.64. The highest BCUT2D eigenvalue weighted by Gasteiger charge is 2.14. The zero-order chi connectivity index (χ0) is 14.5. The van der Waals surface area contributed by atoms with E-state index in [0.717, 1.165) is 0 Å². The highest BCUT2D eigenvalue weighted by Crippen LogP contribution is 2.25. The van der Waals surface area contributed by atoms with Crippen molar-refractivity contribution in [2.45, 2.75) is 6.04 Å². The highest BCUT2D eigenvalue weighted by molar-refractivity contribution is 6.29. The Morgan fingerprint density at radius 1 is 0.714 bits per heavy atom. The van der Waals surface area contributed by atoms with E-state index in [1.807, 2.05) is 42.5 Å². The first kappa shape index (κ1) is 13.6. The van der Waals surface area contributed by atoms with Crippen LogP contribution in [0.3, 0.4) is 0 Å². The van der Waals surface area contributed by atoms with Gasteiger partial charge in [0.1, 0.15) is 5.82 Å². The zero-order valence-electron chi connectivity index (χ0n) is 11.3. The van der Waals surface area contributed by atoms with Gasteiger partial charge in [-0.25, -0.2) is 0 Å². The average molecular weight is 296 g/mol. The van der Waals surface area contributed by atoms with Crippen molar-refractivity contribution < 1.29 is 0 Å². The summed E-state index contributed by atoms with van der Waals surface area (Å²) in [6.07, 6.45) is 0. The van der Waals surface area contributed by atoms with E-state index in [2.05, 4.69) is 39.8 Å². The molecule has 104 valence electrons. The zero-order valence-corrected chi connectivity index (χ0v) is 12.0. The molecule has 0 spiro atoms. The van der Waals surface area contributed by atoms with Crippen LogP contribution < -0.4 is 5.32 Å². The molecule has 21 heavy (non-hydrogen) atoms. The first-order valence-electron chi connectivity index (χ1n) is 6.68. The molecule has 0 bridgehead atoms. The molecule has 1 heterocycles. The molecule has 0 aliphatic rings. The Morgan fingerprint density at radius 3 is 1.76 bits per heavy atom. The van der Waals surface area contributed by atoms with Crippen LogP contribution in [0.2, 0.25) is 5.15 Å². The van der Waals surface area contributed by atoms with E-state index in [-0.39, 0.29) is 6.04 Å². The molecule has 3 nitrogen and oxygen atoms in total. The van der Waals surface area contributed by atoms with Crippen LogP contribution in [0, 0.1) is 0 Å². The summed E-state index contributed by atoms with van der Waals surface area (Å²) in [4.78, 5) is 0. The van der Waals surface area contributed by atoms with Crippen LogP contribution in [-0.2, 0) is 0 Å². The molecular formula is C17H14ClN3. The molecule has 0 fully saturated rings. The van der Waals surface area contributed by atoms with Gasteiger partial charge in [-0.1, -0.05) is 72.3 Å². The van der Waals surface area contributed by atoms with Crippen molar-refractivity contribution in [3.05, 3.63) is 89.1 Å². The topological polar surface area (TPSA) is 37.8 Å². The van der Waals surface area contributed by atoms with Gasteiger partial charge in [-0.05, 0) is 23.3 Å². The molecule has 1 aromatic heterocycles. The second-order valence-corrected chi connectivity index (χ2v) is 5.03. The van der Waals surface area contributed by atoms with E-state index in [1.165, 1.54) is 11.1 Å². The Bertz CT molecular complexity index is 645. The number of rotatable bonds is 4. The van der Waals surface area contributed by atoms with Crippen molar-refractivity contribution in [1.82, 2.24) is 10.2 Å². The Balaban J connectivity index is 1.95. The molecule has 0 saturated heterocycles. The summed E-state index contributed by atoms with van der Waals surface area (Å²) in [5, 5.41) is 11.7. The van der Waals surface area contributed by atoms with E-state index in [4.69, 9.17) is 11.6 Å². The molecule has 4 heteroatoms. The van der Waals surface area contributed by atoms with Gasteiger partial charge in [0.05, 0.1) is 6.04 Å². The number of aromatic nitrogens is 2. The van der Waals surface area contributed by atoms with Crippen LogP contribution in [0.25, 0.3) is 0 Å². The number of anilines is 1. The van der Waals surface area contributed by atoms with E-state index in [0.29, 0.717) is 11.0 Å². The van der Waals surface area contributed by atoms with Crippen LogP contribution in [-0.4, -0.2) is 10.2 Å². The number of halogens is 1. The minimum absolute atomic E-state index is 0.0166. The van der Waals surface area contributed by atoms with Crippen molar-refractivity contribution in [3.8, 4) is 0 Å². The summed E-state index contributed by atoms with van der Waals surface area (Å²) in [5.74, 6) is 0.692. The first-order valence-corrected chi connectivity index (χ1v) is 7.06. The normalized spacial score (nSPS) is 10.6. The van der Waals surface area contributed by atoms with Gasteiger partial charge in [-0.2, -0.15) is 0 Å². The summed E-state index contributed by atoms with van der Waals surface area (Å²) in [6.45, 7) is 0. The van der Waals surface area contributed by atoms with Gasteiger partial charge in [0.2, 0.25) is 0 Å². The lowest BCUT2D eigenvalue weighted by Gasteiger charge is -2.20. The molecule has 1 N–H and O–H groups in total. The Morgan fingerprint density at radius 2 is 1.29 bits per heavy atom. The van der Waals surface area contributed by atoms with E-state index in [9.17, 15) is 0 Å². The highest BCUT2D eigenvalue weighted by atomic mass is 35.5. The van der Waals surface area contributed by atoms with Gasteiger partial charge in [0.15, 0.2) is 5.15 Å². The predicted molar refractivity (Wildman–Crippen MR) is 85.4 cm³/mol. The van der Waals surface area contributed by atoms with E-state index in [1.54, 1.807) is 6.07 Å². The van der Waals surface area contributed by atoms with Crippen LogP contribution in [0.15, 0.2) is 72.8 Å². The fourth-order valence-electron chi connectivity index (χ4n) is 2.19. The van der Waals surface area contributed by atoms with Crippen LogP contribution in [0.5, 0.6) is 0 Å². The maximum atomic E-state index is 5.78. The lowest BCUT2D eigenvalue weighted by Crippen LogP contribution is -2.13. The first-order chi connectivity index (χ1) is 10.3. The van der Waals surface area contributed by atoms with Crippen molar-refractivity contribution in [2.24, 2.45) is 0 Å². The van der Waals surface area contributed by atoms with Gasteiger partial charge in [-0.15, -0.1) is 10.2 Å². The van der Waals surface area contributed by atoms with E-state index < -0.39 is 0 Å². The fraction of sp³-hybridized carbons (Fsp3) is 0.0588. The van der Waals surface area contributed by atoms with Crippen LogP contribution in [0.4, 0.5) is 5.82 Å². The Hall–Kier alpha value is -2.39. The Kier molecular flexibility index (Phi) is 4.12. The molecule has 0 radical (unpaired) electrons. The third kappa shape index (κ3) is 3.38. The second kappa shape index (κ2) is 6.37. The quantitative estimate of drug-likeness (QED) is 0.778. The minimum Gasteiger partial charge on any atom is -0.358 e. The summed E-state index contributed by atoms with van der Waals surface area (Å²) in [7, 11) is 0. The lowest BCUT2D eigenvalue weighted by molar-refractivity contribution is 0.904. The van der Waals surface area contributed by atoms with E-state index >= 15 is 0 Å². The number of benzene rings is 2. The lowest BCUT2D eigenvalue weighted by atomic mass is 9.99. The average Bonchev–Trinajstić information content (AvgIpc) is 2.56. The Labute approximate surface area is 128 Å².